The van der Waals surface area contributed by atoms with E-state index in [2.05, 4.69) is 0 Å². The summed E-state index contributed by atoms with van der Waals surface area (Å²) in [5.41, 5.74) is 0. The molecule has 0 unspecified atom stereocenters. The van der Waals surface area contributed by atoms with Crippen molar-refractivity contribution in [1.82, 2.24) is 0 Å². The molecule has 0 saturated carbocycles. The van der Waals surface area contributed by atoms with Crippen molar-refractivity contribution in [1.29, 1.82) is 0 Å². The zero-order valence-electron chi connectivity index (χ0n) is 1.38. The summed E-state index contributed by atoms with van der Waals surface area (Å²) in [5, 5.41) is 0. The Labute approximate surface area is 109 Å². The van der Waals surface area contributed by atoms with Crippen LogP contribution in [0.1, 0.15) is 0 Å². The van der Waals surface area contributed by atoms with Gasteiger partial charge in [-0.05, 0) is 0 Å². The second-order valence-corrected chi connectivity index (χ2v) is 0. The molecule has 26 valence electrons. The van der Waals surface area contributed by atoms with Crippen LogP contribution in [0.4, 0.5) is 0 Å². The Morgan fingerprint density at radius 2 is 1.00 bits per heavy atom. The molecule has 0 heterocycles. The van der Waals surface area contributed by atoms with Crippen LogP contribution in [-0.4, -0.2) is 54.4 Å². The fourth-order valence-corrected chi connectivity index (χ4v) is 0. The maximum absolute atomic E-state index is 0. The maximum atomic E-state index is 0. The van der Waals surface area contributed by atoms with Crippen LogP contribution in [0.5, 0.6) is 0 Å². The summed E-state index contributed by atoms with van der Waals surface area (Å²) in [6, 6.07) is 0. The van der Waals surface area contributed by atoms with E-state index < -0.39 is 0 Å². The van der Waals surface area contributed by atoms with Gasteiger partial charge in [0.15, 0.2) is 0 Å². The molecule has 0 aromatic heterocycles. The molecule has 4 heteroatoms. The maximum Gasteiger partial charge on any atom is 0 e. The molecule has 0 atom stereocenters. The van der Waals surface area contributed by atoms with Crippen molar-refractivity contribution in [3.05, 3.63) is 0 Å². The van der Waals surface area contributed by atoms with Crippen molar-refractivity contribution in [3.63, 3.8) is 0 Å². The smallest absolute Gasteiger partial charge is 0 e. The Morgan fingerprint density at radius 3 is 1.00 bits per heavy atom. The van der Waals surface area contributed by atoms with Gasteiger partial charge in [-0.15, -0.1) is 0 Å². The van der Waals surface area contributed by atoms with Gasteiger partial charge in [0.1, 0.15) is 0 Å². The third-order valence-corrected chi connectivity index (χ3v) is 0. The first kappa shape index (κ1) is 26.2. The Kier molecular flexibility index (Phi) is 106. The van der Waals surface area contributed by atoms with E-state index in [4.69, 9.17) is 0 Å². The van der Waals surface area contributed by atoms with Crippen LogP contribution in [0.15, 0.2) is 0 Å². The second kappa shape index (κ2) is 16.1. The molecule has 4 heavy (non-hydrogen) atoms. The van der Waals surface area contributed by atoms with Gasteiger partial charge >= 0.3 is 48.9 Å². The van der Waals surface area contributed by atoms with E-state index >= 15 is 0 Å². The number of rotatable bonds is 0. The molecule has 1 nitrogen and oxygen atoms in total. The van der Waals surface area contributed by atoms with Crippen molar-refractivity contribution < 1.29 is 63.8 Å². The van der Waals surface area contributed by atoms with Crippen molar-refractivity contribution in [2.45, 2.75) is 0 Å². The first-order valence-electron chi connectivity index (χ1n) is 0. The molecule has 0 aromatic carbocycles. The monoisotopic (exact) mass is 362 g/mol. The second-order valence-electron chi connectivity index (χ2n) is 0. The molecule has 0 bridgehead atoms. The molecule has 0 aliphatic heterocycles. The van der Waals surface area contributed by atoms with Crippen LogP contribution >= 0.6 is 0 Å². The molecule has 0 amide bonds. The molecule has 0 aromatic rings. The Bertz CT molecular complexity index is 8.00. The predicted octanol–water partition coefficient (Wildman–Crippen LogP) is -1.74. The summed E-state index contributed by atoms with van der Waals surface area (Å²) in [5.74, 6) is 0. The van der Waals surface area contributed by atoms with Crippen LogP contribution in [0, 0.1) is 41.3 Å². The fourth-order valence-electron chi connectivity index (χ4n) is 0. The van der Waals surface area contributed by atoms with E-state index in [0.717, 1.165) is 0 Å². The van der Waals surface area contributed by atoms with Gasteiger partial charge in [0.25, 0.3) is 0 Å². The molecule has 0 aliphatic rings. The zero-order valence-corrected chi connectivity index (χ0v) is 6.02. The van der Waals surface area contributed by atoms with Gasteiger partial charge in [-0.25, -0.2) is 0 Å². The van der Waals surface area contributed by atoms with Gasteiger partial charge in [-0.1, -0.05) is 0 Å². The molecule has 0 saturated heterocycles. The Balaban J connectivity index is 0. The Morgan fingerprint density at radius 1 is 1.00 bits per heavy atom. The van der Waals surface area contributed by atoms with E-state index in [0.29, 0.717) is 0 Å². The Hall–Kier alpha value is 3.41. The molecule has 0 aliphatic carbocycles. The van der Waals surface area contributed by atoms with E-state index in [1.807, 2.05) is 0 Å². The molecular weight excluding hydrogens is 358 g/mol. The minimum Gasteiger partial charge on any atom is 0 e. The molecule has 0 spiro atoms. The summed E-state index contributed by atoms with van der Waals surface area (Å²) in [6.07, 6.45) is 0. The average Bonchev–Trinajstić information content (AvgIpc) is 0. The average molecular weight is 362 g/mol. The predicted molar refractivity (Wildman–Crippen MR) is 12.2 cm³/mol. The standard InChI is InChI=1S/Ba.Cu.H2O.Pr.2H/h;;1H2;;;. The summed E-state index contributed by atoms with van der Waals surface area (Å²) in [7, 11) is 0. The summed E-state index contributed by atoms with van der Waals surface area (Å²) < 4.78 is 0. The van der Waals surface area contributed by atoms with Gasteiger partial charge < -0.3 is 5.48 Å². The fraction of sp³-hybridized carbons (Fsp3) is 0. The van der Waals surface area contributed by atoms with Crippen LogP contribution in [0.2, 0.25) is 0 Å². The van der Waals surface area contributed by atoms with Crippen LogP contribution in [-0.2, 0) is 17.1 Å². The van der Waals surface area contributed by atoms with Crippen molar-refractivity contribution >= 4 is 48.9 Å². The molecule has 2 radical (unpaired) electrons. The first-order valence-corrected chi connectivity index (χ1v) is 0. The topological polar surface area (TPSA) is 31.5 Å². The largest absolute Gasteiger partial charge is 0 e. The minimum absolute atomic E-state index is 0. The van der Waals surface area contributed by atoms with E-state index in [1.165, 1.54) is 0 Å². The first-order chi connectivity index (χ1) is 0. The van der Waals surface area contributed by atoms with Crippen LogP contribution in [0.3, 0.4) is 0 Å². The summed E-state index contributed by atoms with van der Waals surface area (Å²) >= 11 is 0. The molecule has 2 N–H and O–H groups in total. The normalized spacial score (nSPS) is 0. The molecular formula is H4BaCuOPr. The van der Waals surface area contributed by atoms with E-state index in [9.17, 15) is 0 Å². The van der Waals surface area contributed by atoms with Crippen molar-refractivity contribution in [3.8, 4) is 0 Å². The van der Waals surface area contributed by atoms with Crippen LogP contribution in [0.25, 0.3) is 0 Å². The van der Waals surface area contributed by atoms with Crippen molar-refractivity contribution in [2.75, 3.05) is 0 Å². The van der Waals surface area contributed by atoms with Crippen LogP contribution < -0.4 is 0 Å². The van der Waals surface area contributed by atoms with E-state index in [-0.39, 0.29) is 113 Å². The van der Waals surface area contributed by atoms with Gasteiger partial charge in [-0.2, -0.15) is 0 Å². The summed E-state index contributed by atoms with van der Waals surface area (Å²) in [6.45, 7) is 0. The number of hydrogen-bond acceptors (Lipinski definition) is 0. The minimum atomic E-state index is 0. The van der Waals surface area contributed by atoms with Gasteiger partial charge in [0.05, 0.1) is 0 Å². The quantitative estimate of drug-likeness (QED) is 0.459. The third-order valence-electron chi connectivity index (χ3n) is 0. The van der Waals surface area contributed by atoms with Gasteiger partial charge in [0, 0.05) is 58.4 Å². The molecule has 0 fully saturated rings. The van der Waals surface area contributed by atoms with Gasteiger partial charge in [0.2, 0.25) is 0 Å². The van der Waals surface area contributed by atoms with Crippen molar-refractivity contribution in [2.24, 2.45) is 0 Å². The summed E-state index contributed by atoms with van der Waals surface area (Å²) in [4.78, 5) is 0. The SMILES string of the molecule is O.[BaH2].[Cu].[Pr]. The molecule has 0 rings (SSSR count). The zero-order chi connectivity index (χ0) is 0. The third kappa shape index (κ3) is 9.05. The van der Waals surface area contributed by atoms with E-state index in [1.54, 1.807) is 0 Å². The number of hydrogen-bond donors (Lipinski definition) is 0. The van der Waals surface area contributed by atoms with Gasteiger partial charge in [-0.3, -0.25) is 0 Å².